The number of carbonyl (C=O) groups excluding carboxylic acids is 1. The number of nitrogens with one attached hydrogen (secondary N) is 1. The number of hydrogen-bond acceptors (Lipinski definition) is 7. The van der Waals surface area contributed by atoms with Crippen LogP contribution in [0.3, 0.4) is 0 Å². The lowest BCUT2D eigenvalue weighted by atomic mass is 10.3. The van der Waals surface area contributed by atoms with Gasteiger partial charge in [0.2, 0.25) is 0 Å². The molecule has 0 aromatic carbocycles. The summed E-state index contributed by atoms with van der Waals surface area (Å²) < 4.78 is 0. The van der Waals surface area contributed by atoms with Crippen LogP contribution in [0.5, 0.6) is 0 Å². The van der Waals surface area contributed by atoms with E-state index >= 15 is 0 Å². The molecule has 22 heavy (non-hydrogen) atoms. The van der Waals surface area contributed by atoms with Crippen molar-refractivity contribution in [1.82, 2.24) is 19.9 Å². The molecule has 0 unspecified atom stereocenters. The molecular weight excluding hydrogens is 318 g/mol. The number of thiazole rings is 1. The van der Waals surface area contributed by atoms with E-state index in [9.17, 15) is 4.79 Å². The van der Waals surface area contributed by atoms with Crippen molar-refractivity contribution in [3.05, 3.63) is 48.7 Å². The van der Waals surface area contributed by atoms with Crippen LogP contribution in [0.2, 0.25) is 0 Å². The lowest BCUT2D eigenvalue weighted by Gasteiger charge is -2.01. The van der Waals surface area contributed by atoms with E-state index in [2.05, 4.69) is 25.3 Å². The van der Waals surface area contributed by atoms with Gasteiger partial charge in [0.15, 0.2) is 10.3 Å². The van der Waals surface area contributed by atoms with Crippen molar-refractivity contribution in [2.75, 3.05) is 11.6 Å². The molecule has 0 aliphatic heterocycles. The number of anilines is 1. The predicted octanol–water partition coefficient (Wildman–Crippen LogP) is 2.97. The van der Waals surface area contributed by atoms with E-state index in [1.54, 1.807) is 18.6 Å². The number of nitrogens with zero attached hydrogens (tertiary/aromatic N) is 4. The number of carbonyl (C=O) groups is 1. The Morgan fingerprint density at radius 2 is 2.00 bits per heavy atom. The average Bonchev–Trinajstić information content (AvgIpc) is 3.04. The Balaban J connectivity index is 1.73. The summed E-state index contributed by atoms with van der Waals surface area (Å²) in [6.07, 6.45) is 10.1. The number of hydrogen-bond donors (Lipinski definition) is 1. The molecule has 0 saturated heterocycles. The molecule has 6 nitrogen and oxygen atoms in total. The molecule has 0 spiro atoms. The molecule has 3 heterocycles. The SMILES string of the molecule is CSc1ncc(C(=O)Nc2ncc(-c3cccnc3)s2)cn1. The van der Waals surface area contributed by atoms with Crippen molar-refractivity contribution in [3.8, 4) is 10.4 Å². The maximum Gasteiger partial charge on any atom is 0.260 e. The highest BCUT2D eigenvalue weighted by molar-refractivity contribution is 7.98. The molecular formula is C14H11N5OS2. The molecule has 1 N–H and O–H groups in total. The van der Waals surface area contributed by atoms with E-state index in [0.29, 0.717) is 15.9 Å². The highest BCUT2D eigenvalue weighted by Gasteiger charge is 2.11. The van der Waals surface area contributed by atoms with E-state index < -0.39 is 0 Å². The van der Waals surface area contributed by atoms with Crippen molar-refractivity contribution >= 4 is 34.1 Å². The molecule has 0 aliphatic rings. The van der Waals surface area contributed by atoms with Gasteiger partial charge >= 0.3 is 0 Å². The number of aromatic nitrogens is 4. The van der Waals surface area contributed by atoms with Crippen molar-refractivity contribution < 1.29 is 4.79 Å². The van der Waals surface area contributed by atoms with Crippen LogP contribution < -0.4 is 5.32 Å². The van der Waals surface area contributed by atoms with Crippen LogP contribution >= 0.6 is 23.1 Å². The smallest absolute Gasteiger partial charge is 0.260 e. The summed E-state index contributed by atoms with van der Waals surface area (Å²) in [6, 6.07) is 3.80. The molecule has 0 saturated carbocycles. The summed E-state index contributed by atoms with van der Waals surface area (Å²) in [7, 11) is 0. The standard InChI is InChI=1S/C14H11N5OS2/c1-21-13-16-6-10(7-17-13)12(20)19-14-18-8-11(22-14)9-3-2-4-15-5-9/h2-8H,1H3,(H,18,19,20). The van der Waals surface area contributed by atoms with Gasteiger partial charge in [-0.25, -0.2) is 15.0 Å². The molecule has 0 fully saturated rings. The lowest BCUT2D eigenvalue weighted by Crippen LogP contribution is -2.12. The van der Waals surface area contributed by atoms with Gasteiger partial charge in [0.1, 0.15) is 0 Å². The number of amides is 1. The molecule has 1 amide bonds. The molecule has 8 heteroatoms. The minimum Gasteiger partial charge on any atom is -0.298 e. The van der Waals surface area contributed by atoms with E-state index in [0.717, 1.165) is 10.4 Å². The summed E-state index contributed by atoms with van der Waals surface area (Å²) in [4.78, 5) is 29.5. The van der Waals surface area contributed by atoms with E-state index in [-0.39, 0.29) is 5.91 Å². The highest BCUT2D eigenvalue weighted by Crippen LogP contribution is 2.28. The van der Waals surface area contributed by atoms with Crippen molar-refractivity contribution in [3.63, 3.8) is 0 Å². The molecule has 3 aromatic heterocycles. The van der Waals surface area contributed by atoms with E-state index in [1.165, 1.54) is 35.5 Å². The topological polar surface area (TPSA) is 80.7 Å². The van der Waals surface area contributed by atoms with Crippen LogP contribution in [0, 0.1) is 0 Å². The molecule has 3 rings (SSSR count). The Labute approximate surface area is 135 Å². The average molecular weight is 329 g/mol. The van der Waals surface area contributed by atoms with Crippen molar-refractivity contribution in [2.45, 2.75) is 5.16 Å². The largest absolute Gasteiger partial charge is 0.298 e. The van der Waals surface area contributed by atoms with E-state index in [4.69, 9.17) is 0 Å². The molecule has 0 atom stereocenters. The zero-order valence-electron chi connectivity index (χ0n) is 11.6. The summed E-state index contributed by atoms with van der Waals surface area (Å²) in [5, 5.41) is 3.90. The molecule has 3 aromatic rings. The fraction of sp³-hybridized carbons (Fsp3) is 0.0714. The quantitative estimate of drug-likeness (QED) is 0.585. The van der Waals surface area contributed by atoms with Crippen LogP contribution in [0.1, 0.15) is 10.4 Å². The van der Waals surface area contributed by atoms with E-state index in [1.807, 2.05) is 18.4 Å². The van der Waals surface area contributed by atoms with Gasteiger partial charge in [-0.1, -0.05) is 29.2 Å². The summed E-state index contributed by atoms with van der Waals surface area (Å²) >= 11 is 2.81. The summed E-state index contributed by atoms with van der Waals surface area (Å²) in [5.41, 5.74) is 1.36. The first-order valence-electron chi connectivity index (χ1n) is 6.30. The zero-order chi connectivity index (χ0) is 15.4. The number of pyridine rings is 1. The van der Waals surface area contributed by atoms with Crippen LogP contribution in [0.4, 0.5) is 5.13 Å². The third kappa shape index (κ3) is 3.29. The van der Waals surface area contributed by atoms with Crippen molar-refractivity contribution in [1.29, 1.82) is 0 Å². The van der Waals surface area contributed by atoms with Gasteiger partial charge in [0.25, 0.3) is 5.91 Å². The van der Waals surface area contributed by atoms with Gasteiger partial charge in [-0.15, -0.1) is 0 Å². The fourth-order valence-electron chi connectivity index (χ4n) is 1.68. The Kier molecular flexibility index (Phi) is 4.40. The van der Waals surface area contributed by atoms with Gasteiger partial charge in [0.05, 0.1) is 10.4 Å². The van der Waals surface area contributed by atoms with Gasteiger partial charge in [-0.2, -0.15) is 0 Å². The third-order valence-corrected chi connectivity index (χ3v) is 4.28. The Hall–Kier alpha value is -2.32. The van der Waals surface area contributed by atoms with Crippen molar-refractivity contribution in [2.24, 2.45) is 0 Å². The first kappa shape index (κ1) is 14.6. The van der Waals surface area contributed by atoms with Gasteiger partial charge in [-0.3, -0.25) is 15.1 Å². The first-order chi connectivity index (χ1) is 10.8. The van der Waals surface area contributed by atoms with Gasteiger partial charge in [0, 0.05) is 36.5 Å². The minimum absolute atomic E-state index is 0.278. The third-order valence-electron chi connectivity index (χ3n) is 2.75. The predicted molar refractivity (Wildman–Crippen MR) is 87.1 cm³/mol. The Bertz CT molecular complexity index is 773. The normalized spacial score (nSPS) is 10.4. The molecule has 0 radical (unpaired) electrons. The summed E-state index contributed by atoms with van der Waals surface area (Å²) in [5.74, 6) is -0.278. The maximum absolute atomic E-state index is 12.1. The Morgan fingerprint density at radius 3 is 2.68 bits per heavy atom. The number of thioether (sulfide) groups is 1. The van der Waals surface area contributed by atoms with Crippen LogP contribution in [-0.2, 0) is 0 Å². The van der Waals surface area contributed by atoms with Crippen LogP contribution in [0.25, 0.3) is 10.4 Å². The second-order valence-corrected chi connectivity index (χ2v) is 5.99. The number of rotatable bonds is 4. The van der Waals surface area contributed by atoms with Crippen LogP contribution in [0.15, 0.2) is 48.3 Å². The fourth-order valence-corrected chi connectivity index (χ4v) is 2.80. The second kappa shape index (κ2) is 6.63. The first-order valence-corrected chi connectivity index (χ1v) is 8.34. The zero-order valence-corrected chi connectivity index (χ0v) is 13.2. The molecule has 0 bridgehead atoms. The summed E-state index contributed by atoms with van der Waals surface area (Å²) in [6.45, 7) is 0. The Morgan fingerprint density at radius 1 is 1.18 bits per heavy atom. The molecule has 110 valence electrons. The monoisotopic (exact) mass is 329 g/mol. The highest BCUT2D eigenvalue weighted by atomic mass is 32.2. The van der Waals surface area contributed by atoms with Crippen LogP contribution in [-0.4, -0.2) is 32.1 Å². The minimum atomic E-state index is -0.278. The second-order valence-electron chi connectivity index (χ2n) is 4.18. The van der Waals surface area contributed by atoms with Gasteiger partial charge in [-0.05, 0) is 12.3 Å². The molecule has 0 aliphatic carbocycles. The maximum atomic E-state index is 12.1. The van der Waals surface area contributed by atoms with Gasteiger partial charge < -0.3 is 0 Å². The lowest BCUT2D eigenvalue weighted by molar-refractivity contribution is 0.102.